The molecule has 3 aromatic rings. The first-order valence-electron chi connectivity index (χ1n) is 7.63. The first-order chi connectivity index (χ1) is 11.7. The molecule has 24 heavy (non-hydrogen) atoms. The third kappa shape index (κ3) is 3.02. The van der Waals surface area contributed by atoms with Crippen LogP contribution in [0.5, 0.6) is 0 Å². The number of nitrogens with zero attached hydrogens (tertiary/aromatic N) is 2. The highest BCUT2D eigenvalue weighted by atomic mass is 79.9. The Balaban J connectivity index is 1.77. The lowest BCUT2D eigenvalue weighted by molar-refractivity contribution is 0.722. The summed E-state index contributed by atoms with van der Waals surface area (Å²) in [7, 11) is 0. The van der Waals surface area contributed by atoms with E-state index in [1.54, 1.807) is 11.3 Å². The summed E-state index contributed by atoms with van der Waals surface area (Å²) in [6.45, 7) is 0. The van der Waals surface area contributed by atoms with Gasteiger partial charge in [-0.1, -0.05) is 57.9 Å². The molecule has 120 valence electrons. The van der Waals surface area contributed by atoms with Gasteiger partial charge in [-0.15, -0.1) is 11.3 Å². The number of rotatable bonds is 3. The molecule has 0 fully saturated rings. The van der Waals surface area contributed by atoms with Crippen molar-refractivity contribution in [3.63, 3.8) is 0 Å². The van der Waals surface area contributed by atoms with E-state index in [4.69, 9.17) is 16.7 Å². The van der Waals surface area contributed by atoms with E-state index in [0.717, 1.165) is 32.9 Å². The largest absolute Gasteiger partial charge is 0.255 e. The number of hydrogen-bond donors (Lipinski definition) is 0. The molecule has 0 saturated heterocycles. The highest BCUT2D eigenvalue weighted by Gasteiger charge is 2.31. The fourth-order valence-electron chi connectivity index (χ4n) is 2.89. The number of thiophene rings is 1. The minimum atomic E-state index is 0.184. The van der Waals surface area contributed by atoms with Crippen LogP contribution >= 0.6 is 38.9 Å². The van der Waals surface area contributed by atoms with Crippen LogP contribution in [0.15, 0.2) is 75.6 Å². The van der Waals surface area contributed by atoms with Gasteiger partial charge in [-0.3, -0.25) is 5.01 Å². The summed E-state index contributed by atoms with van der Waals surface area (Å²) >= 11 is 11.7. The van der Waals surface area contributed by atoms with Crippen LogP contribution in [0.25, 0.3) is 0 Å². The smallest absolute Gasteiger partial charge is 0.0924 e. The van der Waals surface area contributed by atoms with Crippen molar-refractivity contribution < 1.29 is 0 Å². The van der Waals surface area contributed by atoms with Crippen molar-refractivity contribution in [2.45, 2.75) is 12.5 Å². The molecule has 0 bridgehead atoms. The molecule has 1 aliphatic heterocycles. The van der Waals surface area contributed by atoms with Crippen LogP contribution in [0.2, 0.25) is 5.02 Å². The number of para-hydroxylation sites is 1. The first-order valence-corrected chi connectivity index (χ1v) is 9.68. The van der Waals surface area contributed by atoms with Gasteiger partial charge in [0, 0.05) is 15.8 Å². The molecule has 1 aliphatic rings. The second-order valence-electron chi connectivity index (χ2n) is 5.58. The van der Waals surface area contributed by atoms with E-state index in [2.05, 4.69) is 62.7 Å². The molecule has 0 spiro atoms. The van der Waals surface area contributed by atoms with Crippen LogP contribution in [-0.4, -0.2) is 5.71 Å². The summed E-state index contributed by atoms with van der Waals surface area (Å²) < 4.78 is 1.07. The molecule has 0 saturated carbocycles. The van der Waals surface area contributed by atoms with Crippen molar-refractivity contribution in [2.24, 2.45) is 5.10 Å². The first kappa shape index (κ1) is 15.9. The Morgan fingerprint density at radius 2 is 1.83 bits per heavy atom. The molecule has 2 aromatic carbocycles. The SMILES string of the molecule is Clc1ccccc1N1N=C(c2ccc(Br)cc2)CC1c1cccs1. The quantitative estimate of drug-likeness (QED) is 0.473. The summed E-state index contributed by atoms with van der Waals surface area (Å²) in [5, 5.41) is 9.81. The summed E-state index contributed by atoms with van der Waals surface area (Å²) in [6, 6.07) is 20.6. The zero-order chi connectivity index (χ0) is 16.5. The lowest BCUT2D eigenvalue weighted by Crippen LogP contribution is -2.17. The van der Waals surface area contributed by atoms with Gasteiger partial charge >= 0.3 is 0 Å². The minimum absolute atomic E-state index is 0.184. The van der Waals surface area contributed by atoms with Gasteiger partial charge in [0.2, 0.25) is 0 Å². The van der Waals surface area contributed by atoms with Gasteiger partial charge in [-0.25, -0.2) is 0 Å². The Hall–Kier alpha value is -1.62. The Kier molecular flexibility index (Phi) is 4.44. The summed E-state index contributed by atoms with van der Waals surface area (Å²) in [6.07, 6.45) is 0.868. The Labute approximate surface area is 158 Å². The van der Waals surface area contributed by atoms with E-state index in [1.165, 1.54) is 4.88 Å². The lowest BCUT2D eigenvalue weighted by Gasteiger charge is -2.23. The molecule has 0 radical (unpaired) electrons. The second-order valence-corrected chi connectivity index (χ2v) is 7.89. The zero-order valence-electron chi connectivity index (χ0n) is 12.7. The summed E-state index contributed by atoms with van der Waals surface area (Å²) in [5.74, 6) is 0. The zero-order valence-corrected chi connectivity index (χ0v) is 15.9. The predicted molar refractivity (Wildman–Crippen MR) is 106 cm³/mol. The molecular weight excluding hydrogens is 404 g/mol. The van der Waals surface area contributed by atoms with Crippen LogP contribution < -0.4 is 5.01 Å². The molecule has 1 aromatic heterocycles. The molecule has 1 unspecified atom stereocenters. The van der Waals surface area contributed by atoms with Gasteiger partial charge in [0.15, 0.2) is 0 Å². The Morgan fingerprint density at radius 3 is 2.54 bits per heavy atom. The van der Waals surface area contributed by atoms with Crippen molar-refractivity contribution >= 4 is 50.3 Å². The maximum Gasteiger partial charge on any atom is 0.0924 e. The maximum atomic E-state index is 6.43. The lowest BCUT2D eigenvalue weighted by atomic mass is 10.0. The molecule has 0 aliphatic carbocycles. The van der Waals surface area contributed by atoms with E-state index in [-0.39, 0.29) is 6.04 Å². The number of anilines is 1. The average molecular weight is 418 g/mol. The van der Waals surface area contributed by atoms with Gasteiger partial charge in [0.25, 0.3) is 0 Å². The van der Waals surface area contributed by atoms with Crippen molar-refractivity contribution in [3.8, 4) is 0 Å². The molecule has 4 rings (SSSR count). The fourth-order valence-corrected chi connectivity index (χ4v) is 4.19. The van der Waals surface area contributed by atoms with Crippen molar-refractivity contribution in [3.05, 3.63) is 86.0 Å². The molecule has 0 amide bonds. The normalized spacial score (nSPS) is 17.2. The number of hydrogen-bond acceptors (Lipinski definition) is 3. The predicted octanol–water partition coefficient (Wildman–Crippen LogP) is 6.52. The van der Waals surface area contributed by atoms with E-state index in [1.807, 2.05) is 24.3 Å². The van der Waals surface area contributed by atoms with Gasteiger partial charge in [0.05, 0.1) is 22.5 Å². The second kappa shape index (κ2) is 6.71. The van der Waals surface area contributed by atoms with Gasteiger partial charge < -0.3 is 0 Å². The Morgan fingerprint density at radius 1 is 1.04 bits per heavy atom. The average Bonchev–Trinajstić information content (AvgIpc) is 3.25. The third-order valence-electron chi connectivity index (χ3n) is 4.06. The Bertz CT molecular complexity index is 875. The molecule has 2 nitrogen and oxygen atoms in total. The van der Waals surface area contributed by atoms with Crippen LogP contribution in [-0.2, 0) is 0 Å². The summed E-state index contributed by atoms with van der Waals surface area (Å²) in [5.41, 5.74) is 3.18. The number of halogens is 2. The van der Waals surface area contributed by atoms with Crippen LogP contribution in [0, 0.1) is 0 Å². The van der Waals surface area contributed by atoms with Crippen molar-refractivity contribution in [1.82, 2.24) is 0 Å². The van der Waals surface area contributed by atoms with E-state index in [0.29, 0.717) is 0 Å². The maximum absolute atomic E-state index is 6.43. The van der Waals surface area contributed by atoms with Crippen LogP contribution in [0.4, 0.5) is 5.69 Å². The minimum Gasteiger partial charge on any atom is -0.255 e. The molecule has 2 heterocycles. The van der Waals surface area contributed by atoms with Gasteiger partial charge in [-0.05, 0) is 41.3 Å². The third-order valence-corrected chi connectivity index (χ3v) is 5.88. The topological polar surface area (TPSA) is 15.6 Å². The van der Waals surface area contributed by atoms with E-state index < -0.39 is 0 Å². The van der Waals surface area contributed by atoms with Crippen molar-refractivity contribution in [2.75, 3.05) is 5.01 Å². The van der Waals surface area contributed by atoms with Crippen LogP contribution in [0.3, 0.4) is 0 Å². The molecule has 5 heteroatoms. The highest BCUT2D eigenvalue weighted by molar-refractivity contribution is 9.10. The van der Waals surface area contributed by atoms with E-state index in [9.17, 15) is 0 Å². The van der Waals surface area contributed by atoms with Crippen molar-refractivity contribution in [1.29, 1.82) is 0 Å². The van der Waals surface area contributed by atoms with Gasteiger partial charge in [-0.2, -0.15) is 5.10 Å². The van der Waals surface area contributed by atoms with Crippen LogP contribution in [0.1, 0.15) is 22.9 Å². The standard InChI is InChI=1S/C19H14BrClN2S/c20-14-9-7-13(8-10-14)16-12-18(19-6-3-11-24-19)23(22-16)17-5-2-1-4-15(17)21/h1-11,18H,12H2. The monoisotopic (exact) mass is 416 g/mol. The number of hydrazone groups is 1. The molecular formula is C19H14BrClN2S. The fraction of sp³-hybridized carbons (Fsp3) is 0.105. The molecule has 1 atom stereocenters. The van der Waals surface area contributed by atoms with Gasteiger partial charge in [0.1, 0.15) is 0 Å². The van der Waals surface area contributed by atoms with E-state index >= 15 is 0 Å². The molecule has 0 N–H and O–H groups in total. The highest BCUT2D eigenvalue weighted by Crippen LogP contribution is 2.40. The number of benzene rings is 2. The summed E-state index contributed by atoms with van der Waals surface area (Å²) in [4.78, 5) is 1.30.